The summed E-state index contributed by atoms with van der Waals surface area (Å²) >= 11 is 0. The normalized spacial score (nSPS) is 17.2. The number of fused-ring (bicyclic) bond motifs is 1. The number of rotatable bonds is 6. The molecule has 0 N–H and O–H groups in total. The Bertz CT molecular complexity index is 1500. The fourth-order valence-corrected chi connectivity index (χ4v) is 6.75. The number of carbonyl (C=O) groups excluding carboxylic acids is 1. The highest BCUT2D eigenvalue weighted by Gasteiger charge is 2.31. The first-order valence-corrected chi connectivity index (χ1v) is 13.7. The van der Waals surface area contributed by atoms with Crippen molar-refractivity contribution in [1.82, 2.24) is 19.2 Å². The van der Waals surface area contributed by atoms with Gasteiger partial charge in [-0.25, -0.2) is 8.42 Å². The lowest BCUT2D eigenvalue weighted by Gasteiger charge is -2.20. The number of aryl methyl sites for hydroxylation is 1. The Labute approximate surface area is 205 Å². The van der Waals surface area contributed by atoms with E-state index in [4.69, 9.17) is 0 Å². The molecule has 2 aromatic heterocycles. The summed E-state index contributed by atoms with van der Waals surface area (Å²) in [5, 5.41) is 5.75. The van der Waals surface area contributed by atoms with Crippen molar-refractivity contribution >= 4 is 26.6 Å². The van der Waals surface area contributed by atoms with Gasteiger partial charge in [-0.2, -0.15) is 5.10 Å². The Morgan fingerprint density at radius 1 is 1.09 bits per heavy atom. The molecular formula is C27H30N4O3S. The molecule has 2 aromatic carbocycles. The molecular weight excluding hydrogens is 460 g/mol. The molecule has 1 aliphatic rings. The molecule has 0 saturated carbocycles. The van der Waals surface area contributed by atoms with Gasteiger partial charge in [-0.05, 0) is 38.0 Å². The van der Waals surface area contributed by atoms with Gasteiger partial charge in [-0.3, -0.25) is 9.48 Å². The molecule has 1 unspecified atom stereocenters. The predicted molar refractivity (Wildman–Crippen MR) is 138 cm³/mol. The summed E-state index contributed by atoms with van der Waals surface area (Å²) in [5.41, 5.74) is 5.85. The first kappa shape index (κ1) is 23.4. The summed E-state index contributed by atoms with van der Waals surface area (Å²) in [5.74, 6) is 0.336. The third-order valence-corrected chi connectivity index (χ3v) is 8.77. The minimum Gasteiger partial charge on any atom is -0.340 e. The van der Waals surface area contributed by atoms with Gasteiger partial charge in [-0.15, -0.1) is 0 Å². The van der Waals surface area contributed by atoms with Gasteiger partial charge in [0.25, 0.3) is 0 Å². The number of sulfone groups is 1. The maximum absolute atomic E-state index is 13.4. The first-order chi connectivity index (χ1) is 16.7. The van der Waals surface area contributed by atoms with Crippen molar-refractivity contribution in [3.8, 4) is 11.3 Å². The number of benzene rings is 2. The standard InChI is InChI=1S/C27H30N4O3S/c1-19-24(20(2)31(28-19)23-13-14-35(33,34)18-23)16-29(3)27(32)17-30-25-12-8-7-11-22(25)15-26(30)21-9-5-4-6-10-21/h4-12,15,23H,13-14,16-18H2,1-3H3. The summed E-state index contributed by atoms with van der Waals surface area (Å²) in [6.45, 7) is 4.54. The lowest BCUT2D eigenvalue weighted by Crippen LogP contribution is -2.30. The maximum Gasteiger partial charge on any atom is 0.242 e. The van der Waals surface area contributed by atoms with Crippen LogP contribution in [0.5, 0.6) is 0 Å². The largest absolute Gasteiger partial charge is 0.340 e. The van der Waals surface area contributed by atoms with E-state index < -0.39 is 9.84 Å². The highest BCUT2D eigenvalue weighted by Crippen LogP contribution is 2.29. The Balaban J connectivity index is 1.40. The van der Waals surface area contributed by atoms with Crippen LogP contribution in [0.1, 0.15) is 29.4 Å². The van der Waals surface area contributed by atoms with Crippen LogP contribution >= 0.6 is 0 Å². The van der Waals surface area contributed by atoms with E-state index in [0.29, 0.717) is 13.0 Å². The van der Waals surface area contributed by atoms with Crippen LogP contribution in [0.25, 0.3) is 22.2 Å². The molecule has 1 saturated heterocycles. The van der Waals surface area contributed by atoms with E-state index in [1.807, 2.05) is 62.0 Å². The van der Waals surface area contributed by atoms with Crippen LogP contribution in [0.15, 0.2) is 60.7 Å². The van der Waals surface area contributed by atoms with Gasteiger partial charge < -0.3 is 9.47 Å². The van der Waals surface area contributed by atoms with Gasteiger partial charge in [0.2, 0.25) is 5.91 Å². The molecule has 7 nitrogen and oxygen atoms in total. The molecule has 0 radical (unpaired) electrons. The molecule has 4 aromatic rings. The smallest absolute Gasteiger partial charge is 0.242 e. The summed E-state index contributed by atoms with van der Waals surface area (Å²) in [7, 11) is -1.19. The van der Waals surface area contributed by atoms with Crippen LogP contribution in [-0.4, -0.2) is 52.1 Å². The number of hydrogen-bond donors (Lipinski definition) is 0. The van der Waals surface area contributed by atoms with Crippen LogP contribution in [0.2, 0.25) is 0 Å². The molecule has 0 spiro atoms. The molecule has 0 aliphatic carbocycles. The Morgan fingerprint density at radius 2 is 1.80 bits per heavy atom. The quantitative estimate of drug-likeness (QED) is 0.407. The van der Waals surface area contributed by atoms with Crippen LogP contribution in [-0.2, 0) is 27.7 Å². The maximum atomic E-state index is 13.4. The molecule has 5 rings (SSSR count). The average molecular weight is 491 g/mol. The Hall–Kier alpha value is -3.39. The van der Waals surface area contributed by atoms with Crippen LogP contribution in [0.3, 0.4) is 0 Å². The van der Waals surface area contributed by atoms with E-state index in [1.54, 1.807) is 4.90 Å². The topological polar surface area (TPSA) is 77.2 Å². The average Bonchev–Trinajstić information content (AvgIpc) is 3.48. The van der Waals surface area contributed by atoms with Crippen molar-refractivity contribution < 1.29 is 13.2 Å². The van der Waals surface area contributed by atoms with Crippen molar-refractivity contribution in [2.75, 3.05) is 18.6 Å². The molecule has 1 amide bonds. The summed E-state index contributed by atoms with van der Waals surface area (Å²) in [6, 6.07) is 20.2. The van der Waals surface area contributed by atoms with Crippen molar-refractivity contribution in [1.29, 1.82) is 0 Å². The van der Waals surface area contributed by atoms with Crippen molar-refractivity contribution in [2.24, 2.45) is 0 Å². The van der Waals surface area contributed by atoms with Gasteiger partial charge in [0, 0.05) is 41.4 Å². The zero-order valence-electron chi connectivity index (χ0n) is 20.3. The monoisotopic (exact) mass is 490 g/mol. The van der Waals surface area contributed by atoms with Crippen LogP contribution < -0.4 is 0 Å². The Kier molecular flexibility index (Phi) is 6.01. The Morgan fingerprint density at radius 3 is 2.51 bits per heavy atom. The van der Waals surface area contributed by atoms with E-state index in [2.05, 4.69) is 33.9 Å². The number of likely N-dealkylation sites (N-methyl/N-ethyl adjacent to an activating group) is 1. The number of carbonyl (C=O) groups is 1. The highest BCUT2D eigenvalue weighted by atomic mass is 32.2. The second kappa shape index (κ2) is 9.00. The molecule has 35 heavy (non-hydrogen) atoms. The van der Waals surface area contributed by atoms with Crippen molar-refractivity contribution in [3.05, 3.63) is 77.6 Å². The van der Waals surface area contributed by atoms with Crippen LogP contribution in [0, 0.1) is 13.8 Å². The van der Waals surface area contributed by atoms with Gasteiger partial charge in [0.05, 0.1) is 23.2 Å². The lowest BCUT2D eigenvalue weighted by atomic mass is 10.1. The lowest BCUT2D eigenvalue weighted by molar-refractivity contribution is -0.130. The molecule has 8 heteroatoms. The zero-order valence-corrected chi connectivity index (χ0v) is 21.1. The van der Waals surface area contributed by atoms with Gasteiger partial charge in [0.15, 0.2) is 9.84 Å². The molecule has 3 heterocycles. The molecule has 0 bridgehead atoms. The summed E-state index contributed by atoms with van der Waals surface area (Å²) in [6.07, 6.45) is 0.585. The minimum absolute atomic E-state index is 0.00136. The van der Waals surface area contributed by atoms with E-state index in [9.17, 15) is 13.2 Å². The highest BCUT2D eigenvalue weighted by molar-refractivity contribution is 7.91. The van der Waals surface area contributed by atoms with Crippen molar-refractivity contribution in [3.63, 3.8) is 0 Å². The third kappa shape index (κ3) is 4.50. The van der Waals surface area contributed by atoms with Gasteiger partial charge in [-0.1, -0.05) is 48.5 Å². The number of nitrogens with zero attached hydrogens (tertiary/aromatic N) is 4. The third-order valence-electron chi connectivity index (χ3n) is 7.02. The minimum atomic E-state index is -3.00. The molecule has 1 fully saturated rings. The number of para-hydroxylation sites is 1. The SMILES string of the molecule is Cc1nn(C2CCS(=O)(=O)C2)c(C)c1CN(C)C(=O)Cn1c(-c2ccccc2)cc2ccccc21. The van der Waals surface area contributed by atoms with E-state index in [0.717, 1.165) is 39.1 Å². The van der Waals surface area contributed by atoms with Gasteiger partial charge in [0.1, 0.15) is 6.54 Å². The van der Waals surface area contributed by atoms with Crippen molar-refractivity contribution in [2.45, 2.75) is 39.4 Å². The first-order valence-electron chi connectivity index (χ1n) is 11.9. The second-order valence-corrected chi connectivity index (χ2v) is 11.7. The van der Waals surface area contributed by atoms with E-state index in [-0.39, 0.29) is 30.0 Å². The number of hydrogen-bond acceptors (Lipinski definition) is 4. The zero-order chi connectivity index (χ0) is 24.7. The summed E-state index contributed by atoms with van der Waals surface area (Å²) < 4.78 is 27.9. The number of amides is 1. The molecule has 1 atom stereocenters. The number of aromatic nitrogens is 3. The fourth-order valence-electron chi connectivity index (χ4n) is 5.06. The van der Waals surface area contributed by atoms with Crippen LogP contribution in [0.4, 0.5) is 0 Å². The molecule has 1 aliphatic heterocycles. The second-order valence-electron chi connectivity index (χ2n) is 9.44. The van der Waals surface area contributed by atoms with Gasteiger partial charge >= 0.3 is 0 Å². The fraction of sp³-hybridized carbons (Fsp3) is 0.333. The van der Waals surface area contributed by atoms with E-state index in [1.165, 1.54) is 0 Å². The predicted octanol–water partition coefficient (Wildman–Crippen LogP) is 4.14. The molecule has 182 valence electrons. The van der Waals surface area contributed by atoms with E-state index >= 15 is 0 Å². The summed E-state index contributed by atoms with van der Waals surface area (Å²) in [4.78, 5) is 15.1.